The molecule has 3 saturated carbocycles. The Labute approximate surface area is 346 Å². The van der Waals surface area contributed by atoms with Crippen LogP contribution in [0.25, 0.3) is 78.3 Å². The molecule has 0 amide bonds. The fraction of sp³-hybridized carbons (Fsp3) is 0.200. The summed E-state index contributed by atoms with van der Waals surface area (Å²) >= 11 is 0. The molecule has 1 heterocycles. The number of nitrogens with zero attached hydrogens (tertiary/aromatic N) is 4. The molecule has 7 aromatic carbocycles. The zero-order chi connectivity index (χ0) is 39.5. The number of fused-ring (bicyclic) bond motifs is 2. The SMILES string of the molecule is C[C@@H]1C[C@H]2C[C@@H]3CC2C(c2ccc(-c4ccc5c(-c6nc(-c7ccc(-c8ccccc8)cc7)nc(-c7ccc(-c8ccc(C#N)cc8)cc7)n6)cccc5c4)cc2)(C1)C3. The van der Waals surface area contributed by atoms with Crippen molar-refractivity contribution in [1.29, 1.82) is 5.26 Å². The zero-order valence-corrected chi connectivity index (χ0v) is 33.2. The summed E-state index contributed by atoms with van der Waals surface area (Å²) in [6, 6.07) is 60.0. The van der Waals surface area contributed by atoms with Crippen LogP contribution in [-0.4, -0.2) is 15.0 Å². The molecule has 1 aromatic heterocycles. The van der Waals surface area contributed by atoms with Crippen molar-refractivity contribution in [3.05, 3.63) is 175 Å². The Hall–Kier alpha value is -6.70. The van der Waals surface area contributed by atoms with Crippen LogP contribution in [0.4, 0.5) is 0 Å². The highest BCUT2D eigenvalue weighted by atomic mass is 15.0. The maximum atomic E-state index is 9.27. The van der Waals surface area contributed by atoms with Crippen molar-refractivity contribution in [2.75, 3.05) is 0 Å². The predicted octanol–water partition coefficient (Wildman–Crippen LogP) is 13.6. The zero-order valence-electron chi connectivity index (χ0n) is 33.2. The first kappa shape index (κ1) is 35.5. The normalized spacial score (nSPS) is 21.7. The van der Waals surface area contributed by atoms with Gasteiger partial charge in [-0.05, 0) is 129 Å². The molecule has 2 unspecified atom stereocenters. The molecule has 5 atom stereocenters. The third-order valence-corrected chi connectivity index (χ3v) is 13.9. The van der Waals surface area contributed by atoms with Crippen LogP contribution in [0.5, 0.6) is 0 Å². The lowest BCUT2D eigenvalue weighted by molar-refractivity contribution is 0.0855. The second kappa shape index (κ2) is 14.3. The van der Waals surface area contributed by atoms with E-state index in [1.807, 2.05) is 30.3 Å². The van der Waals surface area contributed by atoms with Crippen molar-refractivity contribution in [2.45, 2.75) is 44.4 Å². The smallest absolute Gasteiger partial charge is 0.164 e. The van der Waals surface area contributed by atoms with E-state index in [1.165, 1.54) is 48.8 Å². The van der Waals surface area contributed by atoms with Crippen molar-refractivity contribution >= 4 is 10.8 Å². The van der Waals surface area contributed by atoms with E-state index in [2.05, 4.69) is 146 Å². The van der Waals surface area contributed by atoms with Gasteiger partial charge in [0, 0.05) is 16.7 Å². The summed E-state index contributed by atoms with van der Waals surface area (Å²) in [4.78, 5) is 15.4. The van der Waals surface area contributed by atoms with Gasteiger partial charge in [-0.25, -0.2) is 15.0 Å². The van der Waals surface area contributed by atoms with E-state index in [4.69, 9.17) is 15.0 Å². The molecular weight excluding hydrogens is 717 g/mol. The van der Waals surface area contributed by atoms with E-state index in [-0.39, 0.29) is 0 Å². The first-order valence-electron chi connectivity index (χ1n) is 21.2. The minimum Gasteiger partial charge on any atom is -0.208 e. The highest BCUT2D eigenvalue weighted by molar-refractivity contribution is 5.97. The molecule has 3 fully saturated rings. The molecule has 0 aliphatic heterocycles. The van der Waals surface area contributed by atoms with Crippen molar-refractivity contribution < 1.29 is 0 Å². The number of hydrogen-bond donors (Lipinski definition) is 0. The molecule has 3 aliphatic rings. The second-order valence-corrected chi connectivity index (χ2v) is 17.4. The van der Waals surface area contributed by atoms with E-state index in [0.717, 1.165) is 67.8 Å². The summed E-state index contributed by atoms with van der Waals surface area (Å²) in [6.45, 7) is 2.49. The van der Waals surface area contributed by atoms with Gasteiger partial charge in [-0.2, -0.15) is 5.26 Å². The summed E-state index contributed by atoms with van der Waals surface area (Å²) in [5, 5.41) is 11.5. The fourth-order valence-electron chi connectivity index (χ4n) is 11.3. The quantitative estimate of drug-likeness (QED) is 0.162. The summed E-state index contributed by atoms with van der Waals surface area (Å²) < 4.78 is 0. The summed E-state index contributed by atoms with van der Waals surface area (Å²) in [5.41, 5.74) is 12.3. The van der Waals surface area contributed by atoms with Crippen LogP contribution in [0.15, 0.2) is 164 Å². The average molecular weight is 761 g/mol. The number of rotatable bonds is 7. The minimum absolute atomic E-state index is 0.390. The number of nitriles is 1. The molecule has 2 bridgehead atoms. The summed E-state index contributed by atoms with van der Waals surface area (Å²) in [7, 11) is 0. The Balaban J connectivity index is 0.953. The largest absolute Gasteiger partial charge is 0.208 e. The van der Waals surface area contributed by atoms with Crippen LogP contribution >= 0.6 is 0 Å². The van der Waals surface area contributed by atoms with E-state index in [0.29, 0.717) is 28.5 Å². The Morgan fingerprint density at radius 1 is 0.508 bits per heavy atom. The van der Waals surface area contributed by atoms with E-state index in [1.54, 1.807) is 5.56 Å². The number of benzene rings is 7. The average Bonchev–Trinajstić information content (AvgIpc) is 3.89. The van der Waals surface area contributed by atoms with Crippen LogP contribution in [0.1, 0.15) is 50.2 Å². The van der Waals surface area contributed by atoms with Gasteiger partial charge < -0.3 is 0 Å². The van der Waals surface area contributed by atoms with Crippen LogP contribution in [0.3, 0.4) is 0 Å². The summed E-state index contributed by atoms with van der Waals surface area (Å²) in [6.07, 6.45) is 7.09. The molecule has 0 N–H and O–H groups in total. The van der Waals surface area contributed by atoms with Crippen LogP contribution in [-0.2, 0) is 5.41 Å². The van der Waals surface area contributed by atoms with Crippen molar-refractivity contribution in [1.82, 2.24) is 15.0 Å². The van der Waals surface area contributed by atoms with E-state index in [9.17, 15) is 5.26 Å². The van der Waals surface area contributed by atoms with Crippen LogP contribution in [0.2, 0.25) is 0 Å². The van der Waals surface area contributed by atoms with Gasteiger partial charge >= 0.3 is 0 Å². The lowest BCUT2D eigenvalue weighted by Crippen LogP contribution is -2.43. The molecule has 4 nitrogen and oxygen atoms in total. The molecule has 11 rings (SSSR count). The standard InChI is InChI=1S/C55H44N4/c1-35-28-47-29-37-30-51(47)55(32-35,33-37)48-25-22-42(23-26-48)45-24-27-49-46(31-45)8-5-9-50(49)54-58-52(43-18-14-40(15-19-43)38-6-3-2-4-7-38)57-53(59-54)44-20-16-41(17-21-44)39-12-10-36(34-56)11-13-39/h2-27,31,35,37,47,51H,28-30,32-33H2,1H3/t35-,37-,47+,51?,55?/m1/s1. The topological polar surface area (TPSA) is 62.5 Å². The molecule has 284 valence electrons. The monoisotopic (exact) mass is 760 g/mol. The van der Waals surface area contributed by atoms with Gasteiger partial charge in [0.15, 0.2) is 17.5 Å². The second-order valence-electron chi connectivity index (χ2n) is 17.4. The Kier molecular flexibility index (Phi) is 8.59. The summed E-state index contributed by atoms with van der Waals surface area (Å²) in [5.74, 6) is 5.46. The van der Waals surface area contributed by atoms with Gasteiger partial charge in [0.25, 0.3) is 0 Å². The number of aromatic nitrogens is 3. The molecule has 4 heteroatoms. The molecule has 0 spiro atoms. The van der Waals surface area contributed by atoms with E-state index >= 15 is 0 Å². The molecule has 3 aliphatic carbocycles. The van der Waals surface area contributed by atoms with Gasteiger partial charge in [-0.3, -0.25) is 0 Å². The Bertz CT molecular complexity index is 2880. The molecule has 0 radical (unpaired) electrons. The van der Waals surface area contributed by atoms with Gasteiger partial charge in [-0.1, -0.05) is 153 Å². The first-order valence-corrected chi connectivity index (χ1v) is 21.2. The third-order valence-electron chi connectivity index (χ3n) is 13.9. The lowest BCUT2D eigenvalue weighted by Gasteiger charge is -2.49. The molecule has 0 saturated heterocycles. The van der Waals surface area contributed by atoms with Gasteiger partial charge in [0.2, 0.25) is 0 Å². The Morgan fingerprint density at radius 3 is 1.71 bits per heavy atom. The molecule has 8 aromatic rings. The highest BCUT2D eigenvalue weighted by Gasteiger charge is 2.58. The van der Waals surface area contributed by atoms with Crippen molar-refractivity contribution in [3.8, 4) is 73.6 Å². The van der Waals surface area contributed by atoms with Gasteiger partial charge in [0.05, 0.1) is 11.6 Å². The highest BCUT2D eigenvalue weighted by Crippen LogP contribution is 2.66. The van der Waals surface area contributed by atoms with Crippen molar-refractivity contribution in [3.63, 3.8) is 0 Å². The minimum atomic E-state index is 0.390. The van der Waals surface area contributed by atoms with Crippen LogP contribution in [0, 0.1) is 35.0 Å². The predicted molar refractivity (Wildman–Crippen MR) is 239 cm³/mol. The number of hydrogen-bond acceptors (Lipinski definition) is 4. The first-order chi connectivity index (χ1) is 29.0. The third kappa shape index (κ3) is 6.33. The van der Waals surface area contributed by atoms with E-state index < -0.39 is 0 Å². The maximum absolute atomic E-state index is 9.27. The van der Waals surface area contributed by atoms with Crippen molar-refractivity contribution in [2.24, 2.45) is 23.7 Å². The van der Waals surface area contributed by atoms with Gasteiger partial charge in [-0.15, -0.1) is 0 Å². The fourth-order valence-corrected chi connectivity index (χ4v) is 11.3. The van der Waals surface area contributed by atoms with Crippen LogP contribution < -0.4 is 0 Å². The maximum Gasteiger partial charge on any atom is 0.164 e. The van der Waals surface area contributed by atoms with Gasteiger partial charge in [0.1, 0.15) is 0 Å². The molecular formula is C55H44N4. The Morgan fingerprint density at radius 2 is 1.07 bits per heavy atom. The molecule has 59 heavy (non-hydrogen) atoms. The lowest BCUT2D eigenvalue weighted by atomic mass is 9.55.